The number of aromatic carboxylic acids is 1. The molecule has 0 fully saturated rings. The fraction of sp³-hybridized carbons (Fsp3) is 0.357. The topological polar surface area (TPSA) is 116 Å². The highest BCUT2D eigenvalue weighted by Crippen LogP contribution is 2.22. The fourth-order valence-electron chi connectivity index (χ4n) is 1.76. The van der Waals surface area contributed by atoms with E-state index in [-0.39, 0.29) is 27.5 Å². The second-order valence-corrected chi connectivity index (χ2v) is 5.71. The van der Waals surface area contributed by atoms with Gasteiger partial charge >= 0.3 is 5.97 Å². The van der Waals surface area contributed by atoms with Crippen LogP contribution in [0.5, 0.6) is 5.75 Å². The maximum Gasteiger partial charge on any atom is 0.339 e. The predicted octanol–water partition coefficient (Wildman–Crippen LogP) is 1.60. The SMILES string of the molecule is CC(C)[C@@H](NC(=O)CI)C(=O)Nc1ccc(C(=O)O)c(O)c1. The van der Waals surface area contributed by atoms with Crippen LogP contribution in [0.2, 0.25) is 0 Å². The average molecular weight is 420 g/mol. The number of hydrogen-bond acceptors (Lipinski definition) is 4. The number of amides is 2. The number of halogens is 1. The van der Waals surface area contributed by atoms with Gasteiger partial charge in [0, 0.05) is 11.8 Å². The number of aromatic hydroxyl groups is 1. The van der Waals surface area contributed by atoms with Crippen LogP contribution in [0.25, 0.3) is 0 Å². The van der Waals surface area contributed by atoms with E-state index in [1.54, 1.807) is 13.8 Å². The first-order valence-corrected chi connectivity index (χ1v) is 8.01. The molecule has 0 aliphatic carbocycles. The first-order chi connectivity index (χ1) is 10.3. The molecule has 0 unspecified atom stereocenters. The molecule has 0 aliphatic heterocycles. The van der Waals surface area contributed by atoms with E-state index in [0.29, 0.717) is 0 Å². The Morgan fingerprint density at radius 2 is 1.91 bits per heavy atom. The number of benzene rings is 1. The summed E-state index contributed by atoms with van der Waals surface area (Å²) in [7, 11) is 0. The number of nitrogens with one attached hydrogen (secondary N) is 2. The summed E-state index contributed by atoms with van der Waals surface area (Å²) in [6, 6.07) is 3.00. The molecule has 2 amide bonds. The van der Waals surface area contributed by atoms with E-state index in [4.69, 9.17) is 5.11 Å². The van der Waals surface area contributed by atoms with Crippen molar-refractivity contribution in [1.29, 1.82) is 0 Å². The van der Waals surface area contributed by atoms with E-state index in [2.05, 4.69) is 10.6 Å². The fourth-order valence-corrected chi connectivity index (χ4v) is 1.98. The molecule has 0 saturated carbocycles. The highest BCUT2D eigenvalue weighted by Gasteiger charge is 2.24. The zero-order valence-electron chi connectivity index (χ0n) is 12.1. The van der Waals surface area contributed by atoms with Crippen LogP contribution in [0, 0.1) is 5.92 Å². The zero-order chi connectivity index (χ0) is 16.9. The number of rotatable bonds is 6. The lowest BCUT2D eigenvalue weighted by atomic mass is 10.0. The number of hydrogen-bond donors (Lipinski definition) is 4. The lowest BCUT2D eigenvalue weighted by Gasteiger charge is -2.21. The summed E-state index contributed by atoms with van der Waals surface area (Å²) in [5, 5.41) is 23.6. The zero-order valence-corrected chi connectivity index (χ0v) is 14.2. The minimum absolute atomic E-state index is 0.126. The van der Waals surface area contributed by atoms with Gasteiger partial charge in [-0.2, -0.15) is 0 Å². The third kappa shape index (κ3) is 4.86. The number of carboxylic acid groups (broad SMARTS) is 1. The molecule has 7 nitrogen and oxygen atoms in total. The lowest BCUT2D eigenvalue weighted by molar-refractivity contribution is -0.125. The van der Waals surface area contributed by atoms with Gasteiger partial charge < -0.3 is 20.8 Å². The molecule has 4 N–H and O–H groups in total. The van der Waals surface area contributed by atoms with Gasteiger partial charge in [0.05, 0.1) is 4.43 Å². The number of carbonyl (C=O) groups excluding carboxylic acids is 2. The van der Waals surface area contributed by atoms with Crippen LogP contribution >= 0.6 is 22.6 Å². The third-order valence-electron chi connectivity index (χ3n) is 2.88. The molecular formula is C14H17IN2O5. The molecule has 1 atom stereocenters. The summed E-state index contributed by atoms with van der Waals surface area (Å²) in [5.74, 6) is -2.51. The monoisotopic (exact) mass is 420 g/mol. The molecule has 0 bridgehead atoms. The number of alkyl halides is 1. The van der Waals surface area contributed by atoms with Gasteiger partial charge in [-0.3, -0.25) is 9.59 Å². The Morgan fingerprint density at radius 1 is 1.27 bits per heavy atom. The standard InChI is InChI=1S/C14H17IN2O5/c1-7(2)12(17-11(19)6-15)13(20)16-8-3-4-9(14(21)22)10(18)5-8/h3-5,7,12,18H,6H2,1-2H3,(H,16,20)(H,17,19)(H,21,22)/t12-/m1/s1. The molecular weight excluding hydrogens is 403 g/mol. The minimum Gasteiger partial charge on any atom is -0.507 e. The van der Waals surface area contributed by atoms with Crippen LogP contribution < -0.4 is 10.6 Å². The van der Waals surface area contributed by atoms with Crippen LogP contribution in [0.1, 0.15) is 24.2 Å². The van der Waals surface area contributed by atoms with E-state index in [1.807, 2.05) is 22.6 Å². The van der Waals surface area contributed by atoms with Gasteiger partial charge in [-0.25, -0.2) is 4.79 Å². The molecule has 8 heteroatoms. The average Bonchev–Trinajstić information content (AvgIpc) is 2.43. The van der Waals surface area contributed by atoms with E-state index in [1.165, 1.54) is 12.1 Å². The van der Waals surface area contributed by atoms with Gasteiger partial charge in [-0.05, 0) is 18.1 Å². The molecule has 0 spiro atoms. The molecule has 0 radical (unpaired) electrons. The molecule has 22 heavy (non-hydrogen) atoms. The summed E-state index contributed by atoms with van der Waals surface area (Å²) < 4.78 is 0.238. The molecule has 0 aromatic heterocycles. The summed E-state index contributed by atoms with van der Waals surface area (Å²) in [6.07, 6.45) is 0. The van der Waals surface area contributed by atoms with Crippen molar-refractivity contribution < 1.29 is 24.6 Å². The van der Waals surface area contributed by atoms with Gasteiger partial charge in [0.15, 0.2) is 0 Å². The van der Waals surface area contributed by atoms with Crippen molar-refractivity contribution >= 4 is 46.1 Å². The van der Waals surface area contributed by atoms with Crippen molar-refractivity contribution in [3.63, 3.8) is 0 Å². The Morgan fingerprint density at radius 3 is 2.36 bits per heavy atom. The quantitative estimate of drug-likeness (QED) is 0.412. The van der Waals surface area contributed by atoms with E-state index >= 15 is 0 Å². The summed E-state index contributed by atoms with van der Waals surface area (Å²) in [6.45, 7) is 3.59. The van der Waals surface area contributed by atoms with Gasteiger partial charge in [0.1, 0.15) is 17.4 Å². The van der Waals surface area contributed by atoms with Crippen molar-refractivity contribution in [2.75, 3.05) is 9.74 Å². The summed E-state index contributed by atoms with van der Waals surface area (Å²) in [4.78, 5) is 34.5. The molecule has 0 saturated heterocycles. The van der Waals surface area contributed by atoms with Crippen LogP contribution in [0.15, 0.2) is 18.2 Å². The van der Waals surface area contributed by atoms with Gasteiger partial charge in [-0.1, -0.05) is 36.4 Å². The van der Waals surface area contributed by atoms with E-state index in [0.717, 1.165) is 6.07 Å². The Labute approximate surface area is 141 Å². The summed E-state index contributed by atoms with van der Waals surface area (Å²) >= 11 is 1.90. The largest absolute Gasteiger partial charge is 0.507 e. The van der Waals surface area contributed by atoms with Crippen LogP contribution in [0.4, 0.5) is 5.69 Å². The first-order valence-electron chi connectivity index (χ1n) is 6.48. The van der Waals surface area contributed by atoms with Gasteiger partial charge in [0.2, 0.25) is 11.8 Å². The second-order valence-electron chi connectivity index (χ2n) is 4.95. The maximum absolute atomic E-state index is 12.2. The molecule has 120 valence electrons. The van der Waals surface area contributed by atoms with Crippen molar-refractivity contribution in [3.8, 4) is 5.75 Å². The Hall–Kier alpha value is -1.84. The minimum atomic E-state index is -1.26. The first kappa shape index (κ1) is 18.2. The molecule has 1 aromatic rings. The van der Waals surface area contributed by atoms with Crippen LogP contribution in [-0.4, -0.2) is 38.5 Å². The Kier molecular flexibility index (Phi) is 6.60. The van der Waals surface area contributed by atoms with Crippen molar-refractivity contribution in [3.05, 3.63) is 23.8 Å². The highest BCUT2D eigenvalue weighted by molar-refractivity contribution is 14.1. The van der Waals surface area contributed by atoms with Gasteiger partial charge in [0.25, 0.3) is 0 Å². The van der Waals surface area contributed by atoms with Crippen molar-refractivity contribution in [2.24, 2.45) is 5.92 Å². The smallest absolute Gasteiger partial charge is 0.339 e. The number of anilines is 1. The molecule has 0 heterocycles. The van der Waals surface area contributed by atoms with Gasteiger partial charge in [-0.15, -0.1) is 0 Å². The second kappa shape index (κ2) is 7.97. The molecule has 1 rings (SSSR count). The summed E-state index contributed by atoms with van der Waals surface area (Å²) in [5.41, 5.74) is -0.00139. The van der Waals surface area contributed by atoms with Crippen LogP contribution in [0.3, 0.4) is 0 Å². The van der Waals surface area contributed by atoms with E-state index in [9.17, 15) is 19.5 Å². The van der Waals surface area contributed by atoms with Crippen LogP contribution in [-0.2, 0) is 9.59 Å². The molecule has 1 aromatic carbocycles. The van der Waals surface area contributed by atoms with Crippen molar-refractivity contribution in [2.45, 2.75) is 19.9 Å². The Bertz CT molecular complexity index is 589. The normalized spacial score (nSPS) is 11.8. The number of carboxylic acids is 1. The van der Waals surface area contributed by atoms with Crippen molar-refractivity contribution in [1.82, 2.24) is 5.32 Å². The number of carbonyl (C=O) groups is 3. The maximum atomic E-state index is 12.2. The Balaban J connectivity index is 2.87. The number of phenols is 1. The highest BCUT2D eigenvalue weighted by atomic mass is 127. The molecule has 0 aliphatic rings. The van der Waals surface area contributed by atoms with E-state index < -0.39 is 23.7 Å². The predicted molar refractivity (Wildman–Crippen MR) is 89.4 cm³/mol. The third-order valence-corrected chi connectivity index (χ3v) is 3.58. The lowest BCUT2D eigenvalue weighted by Crippen LogP contribution is -2.47.